The van der Waals surface area contributed by atoms with Gasteiger partial charge in [0.1, 0.15) is 0 Å². The number of allylic oxidation sites excluding steroid dienone is 1. The summed E-state index contributed by atoms with van der Waals surface area (Å²) in [5.74, 6) is 1.61. The number of nitrogens with one attached hydrogen (secondary N) is 2. The minimum atomic E-state index is -0.168. The molecule has 2 N–H and O–H groups in total. The number of rotatable bonds is 6. The van der Waals surface area contributed by atoms with E-state index in [0.717, 1.165) is 24.9 Å². The lowest BCUT2D eigenvalue weighted by Crippen LogP contribution is -2.41. The van der Waals surface area contributed by atoms with E-state index >= 15 is 0 Å². The molecule has 4 rings (SSSR count). The van der Waals surface area contributed by atoms with Crippen LogP contribution in [0.25, 0.3) is 10.8 Å². The predicted octanol–water partition coefficient (Wildman–Crippen LogP) is 3.07. The molecular weight excluding hydrogens is 340 g/mol. The Morgan fingerprint density at radius 2 is 1.93 bits per heavy atom. The molecule has 0 bridgehead atoms. The van der Waals surface area contributed by atoms with Crippen molar-refractivity contribution in [3.05, 3.63) is 46.9 Å². The average molecular weight is 366 g/mol. The lowest BCUT2D eigenvalue weighted by atomic mass is 9.90. The van der Waals surface area contributed by atoms with E-state index in [0.29, 0.717) is 29.6 Å². The molecular formula is C21H26N4O2. The van der Waals surface area contributed by atoms with Crippen LogP contribution in [-0.2, 0) is 4.79 Å². The Labute approximate surface area is 158 Å². The highest BCUT2D eigenvalue weighted by molar-refractivity contribution is 5.91. The molecule has 2 aromatic rings. The summed E-state index contributed by atoms with van der Waals surface area (Å²) in [5.41, 5.74) is -0.168. The summed E-state index contributed by atoms with van der Waals surface area (Å²) >= 11 is 0. The molecule has 1 aromatic heterocycles. The average Bonchev–Trinajstić information content (AvgIpc) is 3.22. The largest absolute Gasteiger partial charge is 0.373 e. The van der Waals surface area contributed by atoms with Gasteiger partial charge in [0.2, 0.25) is 0 Å². The molecule has 1 saturated carbocycles. The third-order valence-corrected chi connectivity index (χ3v) is 5.81. The van der Waals surface area contributed by atoms with Crippen molar-refractivity contribution >= 4 is 22.4 Å². The van der Waals surface area contributed by atoms with Crippen LogP contribution < -0.4 is 10.9 Å². The summed E-state index contributed by atoms with van der Waals surface area (Å²) in [4.78, 5) is 26.1. The van der Waals surface area contributed by atoms with Crippen molar-refractivity contribution in [3.8, 4) is 0 Å². The minimum Gasteiger partial charge on any atom is -0.373 e. The zero-order valence-electron chi connectivity index (χ0n) is 15.5. The van der Waals surface area contributed by atoms with Crippen molar-refractivity contribution in [2.24, 2.45) is 5.92 Å². The van der Waals surface area contributed by atoms with E-state index in [9.17, 15) is 9.59 Å². The molecule has 2 aliphatic rings. The molecule has 6 nitrogen and oxygen atoms in total. The smallest absolute Gasteiger partial charge is 0.272 e. The van der Waals surface area contributed by atoms with Crippen LogP contribution in [-0.4, -0.2) is 40.0 Å². The van der Waals surface area contributed by atoms with Gasteiger partial charge in [-0.05, 0) is 37.3 Å². The minimum absolute atomic E-state index is 0.168. The van der Waals surface area contributed by atoms with Gasteiger partial charge in [0.15, 0.2) is 11.6 Å². The van der Waals surface area contributed by atoms with Crippen LogP contribution in [0.15, 0.2) is 41.3 Å². The number of hydrogen-bond acceptors (Lipinski definition) is 5. The second-order valence-corrected chi connectivity index (χ2v) is 7.56. The molecule has 1 fully saturated rings. The Kier molecular flexibility index (Phi) is 5.23. The Hall–Kier alpha value is -2.63. The normalized spacial score (nSPS) is 20.5. The molecule has 2 heterocycles. The Morgan fingerprint density at radius 3 is 2.74 bits per heavy atom. The van der Waals surface area contributed by atoms with E-state index in [4.69, 9.17) is 0 Å². The first kappa shape index (κ1) is 17.8. The molecule has 0 spiro atoms. The number of H-pyrrole nitrogens is 1. The zero-order chi connectivity index (χ0) is 18.6. The molecule has 142 valence electrons. The first-order valence-corrected chi connectivity index (χ1v) is 9.90. The second-order valence-electron chi connectivity index (χ2n) is 7.56. The van der Waals surface area contributed by atoms with Crippen LogP contribution in [0.5, 0.6) is 0 Å². The van der Waals surface area contributed by atoms with Gasteiger partial charge in [-0.1, -0.05) is 31.0 Å². The zero-order valence-corrected chi connectivity index (χ0v) is 15.5. The Morgan fingerprint density at radius 1 is 1.15 bits per heavy atom. The van der Waals surface area contributed by atoms with Crippen molar-refractivity contribution in [1.82, 2.24) is 15.1 Å². The van der Waals surface area contributed by atoms with E-state index in [2.05, 4.69) is 20.4 Å². The predicted molar refractivity (Wildman–Crippen MR) is 107 cm³/mol. The van der Waals surface area contributed by atoms with E-state index in [1.165, 1.54) is 25.7 Å². The van der Waals surface area contributed by atoms with Crippen molar-refractivity contribution in [2.45, 2.75) is 44.6 Å². The number of ketones is 1. The van der Waals surface area contributed by atoms with Crippen molar-refractivity contribution in [2.75, 3.05) is 18.4 Å². The van der Waals surface area contributed by atoms with Crippen molar-refractivity contribution in [3.63, 3.8) is 0 Å². The van der Waals surface area contributed by atoms with Gasteiger partial charge in [-0.15, -0.1) is 0 Å². The van der Waals surface area contributed by atoms with Crippen LogP contribution in [0.2, 0.25) is 0 Å². The third-order valence-electron chi connectivity index (χ3n) is 5.81. The number of nitrogens with zero attached hydrogens (tertiary/aromatic N) is 2. The fourth-order valence-corrected chi connectivity index (χ4v) is 4.42. The SMILES string of the molecule is O=C1C=CN(CCCNc2n[nH]c(=O)c3ccccc23)C(C2CCCC2)C1. The summed E-state index contributed by atoms with van der Waals surface area (Å²) in [6.07, 6.45) is 10.4. The van der Waals surface area contributed by atoms with E-state index < -0.39 is 0 Å². The summed E-state index contributed by atoms with van der Waals surface area (Å²) in [7, 11) is 0. The first-order valence-electron chi connectivity index (χ1n) is 9.90. The number of aromatic amines is 1. The van der Waals surface area contributed by atoms with Crippen LogP contribution >= 0.6 is 0 Å². The number of aromatic nitrogens is 2. The molecule has 1 aliphatic carbocycles. The van der Waals surface area contributed by atoms with E-state index in [1.54, 1.807) is 6.08 Å². The fraction of sp³-hybridized carbons (Fsp3) is 0.476. The number of benzene rings is 1. The van der Waals surface area contributed by atoms with Crippen LogP contribution in [0.1, 0.15) is 38.5 Å². The molecule has 6 heteroatoms. The third kappa shape index (κ3) is 3.89. The molecule has 0 amide bonds. The van der Waals surface area contributed by atoms with Crippen LogP contribution in [0.4, 0.5) is 5.82 Å². The van der Waals surface area contributed by atoms with Gasteiger partial charge in [-0.25, -0.2) is 5.10 Å². The van der Waals surface area contributed by atoms with Gasteiger partial charge in [0, 0.05) is 37.1 Å². The molecule has 0 saturated heterocycles. The lowest BCUT2D eigenvalue weighted by molar-refractivity contribution is -0.116. The summed E-state index contributed by atoms with van der Waals surface area (Å²) in [6.45, 7) is 1.68. The van der Waals surface area contributed by atoms with Gasteiger partial charge in [-0.3, -0.25) is 9.59 Å². The Balaban J connectivity index is 1.37. The Bertz CT molecular complexity index is 898. The van der Waals surface area contributed by atoms with Gasteiger partial charge >= 0.3 is 0 Å². The maximum atomic E-state index is 11.9. The number of anilines is 1. The number of fused-ring (bicyclic) bond motifs is 1. The summed E-state index contributed by atoms with van der Waals surface area (Å²) < 4.78 is 0. The second kappa shape index (κ2) is 7.94. The quantitative estimate of drug-likeness (QED) is 0.768. The standard InChI is InChI=1S/C21H26N4O2/c26-16-10-13-25(19(14-16)15-6-1-2-7-15)12-5-11-22-20-17-8-3-4-9-18(17)21(27)24-23-20/h3-4,8-10,13,15,19H,1-2,5-7,11-12,14H2,(H,22,23)(H,24,27). The molecule has 27 heavy (non-hydrogen) atoms. The molecule has 1 atom stereocenters. The molecule has 0 radical (unpaired) electrons. The topological polar surface area (TPSA) is 78.1 Å². The number of carbonyl (C=O) groups is 1. The molecule has 1 aliphatic heterocycles. The lowest BCUT2D eigenvalue weighted by Gasteiger charge is -2.36. The van der Waals surface area contributed by atoms with E-state index in [1.807, 2.05) is 30.5 Å². The van der Waals surface area contributed by atoms with Gasteiger partial charge in [0.25, 0.3) is 5.56 Å². The number of hydrogen-bond donors (Lipinski definition) is 2. The summed E-state index contributed by atoms with van der Waals surface area (Å²) in [5, 5.41) is 11.5. The molecule has 1 aromatic carbocycles. The summed E-state index contributed by atoms with van der Waals surface area (Å²) in [6, 6.07) is 7.85. The van der Waals surface area contributed by atoms with E-state index in [-0.39, 0.29) is 11.3 Å². The van der Waals surface area contributed by atoms with Crippen LogP contribution in [0, 0.1) is 5.92 Å². The van der Waals surface area contributed by atoms with Crippen LogP contribution in [0.3, 0.4) is 0 Å². The van der Waals surface area contributed by atoms with Gasteiger partial charge in [0.05, 0.1) is 5.39 Å². The van der Waals surface area contributed by atoms with Gasteiger partial charge in [-0.2, -0.15) is 5.10 Å². The monoisotopic (exact) mass is 366 g/mol. The van der Waals surface area contributed by atoms with Crippen molar-refractivity contribution in [1.29, 1.82) is 0 Å². The number of carbonyl (C=O) groups excluding carboxylic acids is 1. The fourth-order valence-electron chi connectivity index (χ4n) is 4.42. The van der Waals surface area contributed by atoms with Crippen molar-refractivity contribution < 1.29 is 4.79 Å². The highest BCUT2D eigenvalue weighted by Gasteiger charge is 2.31. The molecule has 1 unspecified atom stereocenters. The highest BCUT2D eigenvalue weighted by Crippen LogP contribution is 2.33. The first-order chi connectivity index (χ1) is 13.2. The maximum Gasteiger partial charge on any atom is 0.272 e. The van der Waals surface area contributed by atoms with Gasteiger partial charge < -0.3 is 10.2 Å². The highest BCUT2D eigenvalue weighted by atomic mass is 16.1. The maximum absolute atomic E-state index is 11.9.